The van der Waals surface area contributed by atoms with E-state index < -0.39 is 0 Å². The van der Waals surface area contributed by atoms with Crippen LogP contribution in [-0.2, 0) is 11.2 Å². The topological polar surface area (TPSA) is 75.7 Å². The molecule has 6 heteroatoms. The van der Waals surface area contributed by atoms with Gasteiger partial charge in [-0.25, -0.2) is 9.97 Å². The van der Waals surface area contributed by atoms with Crippen LogP contribution in [0.5, 0.6) is 0 Å². The standard InChI is InChI=1S/C20H25N5O/c1-2-4-15(5-3-1)10-11-26-17-8-6-16(7-9-17)12-21-19-18-13-24-25-20(18)23-14-22-19/h1-5,13-14,16-17H,6-12H2,(H2,21,22,23,24,25). The smallest absolute Gasteiger partial charge is 0.160 e. The number of H-pyrrole nitrogens is 1. The van der Waals surface area contributed by atoms with Crippen LogP contribution in [0.2, 0.25) is 0 Å². The summed E-state index contributed by atoms with van der Waals surface area (Å²) in [6.45, 7) is 1.75. The highest BCUT2D eigenvalue weighted by Gasteiger charge is 2.21. The fraction of sp³-hybridized carbons (Fsp3) is 0.450. The van der Waals surface area contributed by atoms with Crippen molar-refractivity contribution in [1.82, 2.24) is 20.2 Å². The predicted molar refractivity (Wildman–Crippen MR) is 102 cm³/mol. The van der Waals surface area contributed by atoms with Gasteiger partial charge in [0.25, 0.3) is 0 Å². The molecule has 3 aromatic rings. The predicted octanol–water partition coefficient (Wildman–Crippen LogP) is 3.58. The third kappa shape index (κ3) is 4.19. The molecule has 2 N–H and O–H groups in total. The molecule has 136 valence electrons. The minimum atomic E-state index is 0.412. The van der Waals surface area contributed by atoms with Gasteiger partial charge in [-0.05, 0) is 43.6 Å². The van der Waals surface area contributed by atoms with Crippen LogP contribution in [0.25, 0.3) is 11.0 Å². The lowest BCUT2D eigenvalue weighted by Gasteiger charge is -2.28. The molecule has 1 fully saturated rings. The normalized spacial score (nSPS) is 20.3. The summed E-state index contributed by atoms with van der Waals surface area (Å²) in [5, 5.41) is 11.3. The monoisotopic (exact) mass is 351 g/mol. The van der Waals surface area contributed by atoms with E-state index in [1.807, 2.05) is 0 Å². The Balaban J connectivity index is 1.18. The van der Waals surface area contributed by atoms with Crippen LogP contribution in [0.1, 0.15) is 31.2 Å². The number of rotatable bonds is 7. The van der Waals surface area contributed by atoms with Crippen LogP contribution in [0.3, 0.4) is 0 Å². The molecule has 0 spiro atoms. The molecule has 0 radical (unpaired) electrons. The quantitative estimate of drug-likeness (QED) is 0.680. The zero-order valence-electron chi connectivity index (χ0n) is 14.9. The van der Waals surface area contributed by atoms with Crippen LogP contribution in [-0.4, -0.2) is 39.4 Å². The maximum atomic E-state index is 6.09. The SMILES string of the molecule is c1ccc(CCOC2CCC(CNc3ncnc4[nH]ncc34)CC2)cc1. The Labute approximate surface area is 153 Å². The van der Waals surface area contributed by atoms with E-state index in [0.717, 1.165) is 49.3 Å². The second-order valence-corrected chi connectivity index (χ2v) is 6.98. The summed E-state index contributed by atoms with van der Waals surface area (Å²) in [4.78, 5) is 8.51. The molecule has 0 bridgehead atoms. The number of aromatic amines is 1. The molecular weight excluding hydrogens is 326 g/mol. The van der Waals surface area contributed by atoms with E-state index >= 15 is 0 Å². The Morgan fingerprint density at radius 2 is 1.92 bits per heavy atom. The van der Waals surface area contributed by atoms with Gasteiger partial charge in [-0.2, -0.15) is 5.10 Å². The van der Waals surface area contributed by atoms with Crippen molar-refractivity contribution in [2.24, 2.45) is 5.92 Å². The third-order valence-corrected chi connectivity index (χ3v) is 5.19. The first-order valence-corrected chi connectivity index (χ1v) is 9.42. The Morgan fingerprint density at radius 3 is 2.77 bits per heavy atom. The highest BCUT2D eigenvalue weighted by molar-refractivity contribution is 5.85. The first-order chi connectivity index (χ1) is 12.9. The van der Waals surface area contributed by atoms with Gasteiger partial charge in [0.05, 0.1) is 24.3 Å². The maximum absolute atomic E-state index is 6.09. The average molecular weight is 351 g/mol. The molecule has 1 saturated carbocycles. The molecule has 0 unspecified atom stereocenters. The van der Waals surface area contributed by atoms with E-state index in [9.17, 15) is 0 Å². The molecule has 0 saturated heterocycles. The summed E-state index contributed by atoms with van der Waals surface area (Å²) in [7, 11) is 0. The summed E-state index contributed by atoms with van der Waals surface area (Å²) in [5.41, 5.74) is 2.12. The molecule has 0 amide bonds. The number of nitrogens with one attached hydrogen (secondary N) is 2. The molecule has 26 heavy (non-hydrogen) atoms. The molecule has 0 atom stereocenters. The van der Waals surface area contributed by atoms with Gasteiger partial charge in [-0.15, -0.1) is 0 Å². The number of benzene rings is 1. The number of hydrogen-bond donors (Lipinski definition) is 2. The van der Waals surface area contributed by atoms with E-state index in [2.05, 4.69) is 55.8 Å². The molecule has 1 aliphatic carbocycles. The first-order valence-electron chi connectivity index (χ1n) is 9.42. The second kappa shape index (κ2) is 8.27. The minimum absolute atomic E-state index is 0.412. The summed E-state index contributed by atoms with van der Waals surface area (Å²) in [6, 6.07) is 10.6. The molecule has 1 aliphatic rings. The molecular formula is C20H25N5O. The van der Waals surface area contributed by atoms with Crippen LogP contribution in [0.4, 0.5) is 5.82 Å². The Morgan fingerprint density at radius 1 is 1.08 bits per heavy atom. The lowest BCUT2D eigenvalue weighted by atomic mass is 9.87. The number of anilines is 1. The van der Waals surface area contributed by atoms with E-state index in [4.69, 9.17) is 4.74 Å². The van der Waals surface area contributed by atoms with E-state index in [-0.39, 0.29) is 0 Å². The summed E-state index contributed by atoms with van der Waals surface area (Å²) < 4.78 is 6.09. The summed E-state index contributed by atoms with van der Waals surface area (Å²) in [5.74, 6) is 1.53. The highest BCUT2D eigenvalue weighted by Crippen LogP contribution is 2.27. The van der Waals surface area contributed by atoms with Crippen LogP contribution < -0.4 is 5.32 Å². The minimum Gasteiger partial charge on any atom is -0.378 e. The zero-order chi connectivity index (χ0) is 17.6. The van der Waals surface area contributed by atoms with E-state index in [0.29, 0.717) is 12.0 Å². The lowest BCUT2D eigenvalue weighted by molar-refractivity contribution is 0.0211. The number of hydrogen-bond acceptors (Lipinski definition) is 5. The van der Waals surface area contributed by atoms with E-state index in [1.165, 1.54) is 18.4 Å². The van der Waals surface area contributed by atoms with Gasteiger partial charge in [0.2, 0.25) is 0 Å². The second-order valence-electron chi connectivity index (χ2n) is 6.98. The average Bonchev–Trinajstić information content (AvgIpc) is 3.18. The molecule has 2 aromatic heterocycles. The van der Waals surface area contributed by atoms with Gasteiger partial charge >= 0.3 is 0 Å². The summed E-state index contributed by atoms with van der Waals surface area (Å²) >= 11 is 0. The van der Waals surface area contributed by atoms with Gasteiger partial charge < -0.3 is 10.1 Å². The Bertz CT molecular complexity index is 811. The first kappa shape index (κ1) is 17.0. The van der Waals surface area contributed by atoms with Crippen molar-refractivity contribution in [3.63, 3.8) is 0 Å². The van der Waals surface area contributed by atoms with Crippen molar-refractivity contribution in [3.8, 4) is 0 Å². The van der Waals surface area contributed by atoms with Gasteiger partial charge in [0, 0.05) is 6.54 Å². The molecule has 2 heterocycles. The lowest BCUT2D eigenvalue weighted by Crippen LogP contribution is -2.26. The van der Waals surface area contributed by atoms with Crippen molar-refractivity contribution >= 4 is 16.9 Å². The van der Waals surface area contributed by atoms with Crippen molar-refractivity contribution in [2.75, 3.05) is 18.5 Å². The molecule has 4 rings (SSSR count). The van der Waals surface area contributed by atoms with Gasteiger partial charge in [0.15, 0.2) is 5.65 Å². The van der Waals surface area contributed by atoms with Crippen LogP contribution in [0, 0.1) is 5.92 Å². The van der Waals surface area contributed by atoms with Crippen molar-refractivity contribution in [3.05, 3.63) is 48.4 Å². The zero-order valence-corrected chi connectivity index (χ0v) is 14.9. The van der Waals surface area contributed by atoms with Crippen molar-refractivity contribution in [1.29, 1.82) is 0 Å². The number of nitrogens with zero attached hydrogens (tertiary/aromatic N) is 3. The fourth-order valence-electron chi connectivity index (χ4n) is 3.64. The summed E-state index contributed by atoms with van der Waals surface area (Å²) in [6.07, 6.45) is 9.43. The van der Waals surface area contributed by atoms with Crippen LogP contribution >= 0.6 is 0 Å². The Kier molecular flexibility index (Phi) is 5.40. The van der Waals surface area contributed by atoms with Gasteiger partial charge in [-0.3, -0.25) is 5.10 Å². The van der Waals surface area contributed by atoms with Gasteiger partial charge in [0.1, 0.15) is 12.1 Å². The number of aromatic nitrogens is 4. The highest BCUT2D eigenvalue weighted by atomic mass is 16.5. The van der Waals surface area contributed by atoms with Gasteiger partial charge in [-0.1, -0.05) is 30.3 Å². The molecule has 0 aliphatic heterocycles. The number of ether oxygens (including phenoxy) is 1. The maximum Gasteiger partial charge on any atom is 0.160 e. The number of fused-ring (bicyclic) bond motifs is 1. The fourth-order valence-corrected chi connectivity index (χ4v) is 3.64. The molecule has 6 nitrogen and oxygen atoms in total. The molecule has 1 aromatic carbocycles. The van der Waals surface area contributed by atoms with Crippen LogP contribution in [0.15, 0.2) is 42.9 Å². The van der Waals surface area contributed by atoms with Crippen molar-refractivity contribution < 1.29 is 4.74 Å². The Hall–Kier alpha value is -2.47. The van der Waals surface area contributed by atoms with E-state index in [1.54, 1.807) is 12.5 Å². The third-order valence-electron chi connectivity index (χ3n) is 5.19. The van der Waals surface area contributed by atoms with Crippen molar-refractivity contribution in [2.45, 2.75) is 38.2 Å². The largest absolute Gasteiger partial charge is 0.378 e.